The maximum absolute atomic E-state index is 14.3. The van der Waals surface area contributed by atoms with E-state index in [1.165, 1.54) is 4.90 Å². The smallest absolute Gasteiger partial charge is 0.262 e. The minimum absolute atomic E-state index is 0.222. The molecule has 5 nitrogen and oxygen atoms in total. The molecule has 0 aromatic heterocycles. The van der Waals surface area contributed by atoms with Crippen LogP contribution in [0.15, 0.2) is 119 Å². The number of hydrogen-bond donors (Lipinski definition) is 0. The largest absolute Gasteiger partial charge is 0.274 e. The maximum Gasteiger partial charge on any atom is 0.262 e. The van der Waals surface area contributed by atoms with Crippen molar-refractivity contribution in [2.24, 2.45) is 15.6 Å². The molecule has 7 aromatic carbocycles. The molecule has 212 valence electrons. The summed E-state index contributed by atoms with van der Waals surface area (Å²) >= 11 is 0. The number of nitrogens with zero attached hydrogens (tertiary/aromatic N) is 3. The number of carbonyl (C=O) groups excluding carboxylic acids is 2. The van der Waals surface area contributed by atoms with Crippen LogP contribution in [0.5, 0.6) is 0 Å². The van der Waals surface area contributed by atoms with E-state index in [0.29, 0.717) is 17.7 Å². The maximum atomic E-state index is 14.3. The van der Waals surface area contributed by atoms with E-state index in [9.17, 15) is 9.59 Å². The Morgan fingerprint density at radius 1 is 0.545 bits per heavy atom. The van der Waals surface area contributed by atoms with Crippen LogP contribution < -0.4 is 0 Å². The molecule has 8 rings (SSSR count). The Kier molecular flexibility index (Phi) is 5.69. The molecule has 0 bridgehead atoms. The van der Waals surface area contributed by atoms with Gasteiger partial charge >= 0.3 is 0 Å². The second kappa shape index (κ2) is 9.55. The number of rotatable bonds is 3. The van der Waals surface area contributed by atoms with Gasteiger partial charge in [0.25, 0.3) is 11.8 Å². The molecular formula is C39H29N3O2. The molecule has 0 radical (unpaired) electrons. The summed E-state index contributed by atoms with van der Waals surface area (Å²) in [6.45, 7) is 6.49. The summed E-state index contributed by atoms with van der Waals surface area (Å²) in [5.41, 5.74) is 2.56. The summed E-state index contributed by atoms with van der Waals surface area (Å²) in [4.78, 5) is 29.4. The van der Waals surface area contributed by atoms with Gasteiger partial charge in [-0.15, -0.1) is 0 Å². The number of hydrogen-bond acceptors (Lipinski definition) is 4. The molecule has 1 heterocycles. The van der Waals surface area contributed by atoms with Crippen LogP contribution in [0.3, 0.4) is 0 Å². The Balaban J connectivity index is 1.38. The topological polar surface area (TPSA) is 62.1 Å². The highest BCUT2D eigenvalue weighted by Crippen LogP contribution is 2.41. The normalized spacial score (nSPS) is 13.8. The average molecular weight is 572 g/mol. The molecule has 0 N–H and O–H groups in total. The van der Waals surface area contributed by atoms with Crippen LogP contribution in [-0.2, 0) is 0 Å². The van der Waals surface area contributed by atoms with Crippen molar-refractivity contribution in [3.05, 3.63) is 120 Å². The quantitative estimate of drug-likeness (QED) is 0.0916. The summed E-state index contributed by atoms with van der Waals surface area (Å²) in [6, 6.07) is 36.6. The van der Waals surface area contributed by atoms with E-state index < -0.39 is 0 Å². The molecule has 1 aliphatic heterocycles. The molecule has 0 unspecified atom stereocenters. The first kappa shape index (κ1) is 26.2. The van der Waals surface area contributed by atoms with Gasteiger partial charge in [0.1, 0.15) is 0 Å². The standard InChI is InChI=1S/C39H29N3O2/c1-39(2,3)22-42-37(43)30-11-7-8-26-18-27-15-14-25-19-31-24(20-33(25)35(27)36(34(26)30)38(42)44)13-12-23-16-17-29(21-32(23)31)41-40-28-9-5-4-6-10-28/h4-21H,22H2,1-3H3. The lowest BCUT2D eigenvalue weighted by Crippen LogP contribution is -2.44. The van der Waals surface area contributed by atoms with Gasteiger partial charge in [-0.2, -0.15) is 10.2 Å². The van der Waals surface area contributed by atoms with E-state index in [4.69, 9.17) is 0 Å². The predicted molar refractivity (Wildman–Crippen MR) is 179 cm³/mol. The highest BCUT2D eigenvalue weighted by molar-refractivity contribution is 6.34. The molecule has 7 aromatic rings. The van der Waals surface area contributed by atoms with Gasteiger partial charge in [-0.3, -0.25) is 14.5 Å². The number of imide groups is 1. The first-order chi connectivity index (χ1) is 21.2. The van der Waals surface area contributed by atoms with E-state index in [1.807, 2.05) is 75.4 Å². The molecule has 0 saturated heterocycles. The van der Waals surface area contributed by atoms with Gasteiger partial charge in [0.15, 0.2) is 0 Å². The minimum Gasteiger partial charge on any atom is -0.274 e. The Morgan fingerprint density at radius 2 is 1.18 bits per heavy atom. The third-order valence-electron chi connectivity index (χ3n) is 8.50. The monoisotopic (exact) mass is 571 g/mol. The van der Waals surface area contributed by atoms with Gasteiger partial charge in [-0.05, 0) is 97.0 Å². The zero-order valence-electron chi connectivity index (χ0n) is 24.8. The summed E-state index contributed by atoms with van der Waals surface area (Å²) < 4.78 is 0. The third-order valence-corrected chi connectivity index (χ3v) is 8.50. The number of benzene rings is 7. The molecule has 0 spiro atoms. The Hall–Kier alpha value is -5.42. The first-order valence-electron chi connectivity index (χ1n) is 14.9. The van der Waals surface area contributed by atoms with E-state index in [1.54, 1.807) is 0 Å². The summed E-state index contributed by atoms with van der Waals surface area (Å²) in [7, 11) is 0. The second-order valence-electron chi connectivity index (χ2n) is 12.9. The van der Waals surface area contributed by atoms with E-state index in [-0.39, 0.29) is 17.2 Å². The van der Waals surface area contributed by atoms with Crippen molar-refractivity contribution >= 4 is 77.1 Å². The number of amides is 2. The van der Waals surface area contributed by atoms with E-state index >= 15 is 0 Å². The zero-order valence-corrected chi connectivity index (χ0v) is 24.8. The van der Waals surface area contributed by atoms with Crippen molar-refractivity contribution in [1.29, 1.82) is 0 Å². The van der Waals surface area contributed by atoms with Crippen LogP contribution in [0.2, 0.25) is 0 Å². The van der Waals surface area contributed by atoms with Gasteiger partial charge in [-0.1, -0.05) is 81.4 Å². The number of fused-ring (bicyclic) bond motifs is 7. The van der Waals surface area contributed by atoms with Crippen molar-refractivity contribution in [2.75, 3.05) is 6.54 Å². The fraction of sp³-hybridized carbons (Fsp3) is 0.128. The van der Waals surface area contributed by atoms with E-state index in [0.717, 1.165) is 65.2 Å². The molecule has 1 aliphatic rings. The van der Waals surface area contributed by atoms with Crippen molar-refractivity contribution < 1.29 is 9.59 Å². The lowest BCUT2D eigenvalue weighted by atomic mass is 9.85. The van der Waals surface area contributed by atoms with Crippen molar-refractivity contribution in [1.82, 2.24) is 4.90 Å². The van der Waals surface area contributed by atoms with Gasteiger partial charge in [-0.25, -0.2) is 0 Å². The Morgan fingerprint density at radius 3 is 1.98 bits per heavy atom. The summed E-state index contributed by atoms with van der Waals surface area (Å²) in [6.07, 6.45) is 0. The lowest BCUT2D eigenvalue weighted by Gasteiger charge is -2.33. The van der Waals surface area contributed by atoms with Crippen LogP contribution >= 0.6 is 0 Å². The molecule has 2 amide bonds. The molecule has 0 atom stereocenters. The highest BCUT2D eigenvalue weighted by Gasteiger charge is 2.36. The molecule has 0 fully saturated rings. The SMILES string of the molecule is CC(C)(C)CN1C(=O)c2cccc3cc4ccc5cc6c(ccc7ccc(N=Nc8ccccc8)cc76)cc5c4c(c23)C1=O. The number of azo groups is 1. The molecule has 0 saturated carbocycles. The van der Waals surface area contributed by atoms with Crippen molar-refractivity contribution in [2.45, 2.75) is 20.8 Å². The second-order valence-corrected chi connectivity index (χ2v) is 12.9. The van der Waals surface area contributed by atoms with Crippen LogP contribution in [0.25, 0.3) is 53.9 Å². The fourth-order valence-corrected chi connectivity index (χ4v) is 6.60. The average Bonchev–Trinajstić information content (AvgIpc) is 3.02. The van der Waals surface area contributed by atoms with Gasteiger partial charge in [0.05, 0.1) is 16.9 Å². The van der Waals surface area contributed by atoms with Gasteiger partial charge in [0, 0.05) is 22.9 Å². The number of carbonyl (C=O) groups is 2. The minimum atomic E-state index is -0.236. The van der Waals surface area contributed by atoms with Crippen LogP contribution in [0.4, 0.5) is 11.4 Å². The van der Waals surface area contributed by atoms with Crippen LogP contribution in [0, 0.1) is 5.41 Å². The van der Waals surface area contributed by atoms with E-state index in [2.05, 4.69) is 64.8 Å². The Labute approximate surface area is 254 Å². The van der Waals surface area contributed by atoms with Gasteiger partial charge in [0.2, 0.25) is 0 Å². The highest BCUT2D eigenvalue weighted by atomic mass is 16.2. The molecule has 0 aliphatic carbocycles. The Bertz CT molecular complexity index is 2380. The molecule has 5 heteroatoms. The van der Waals surface area contributed by atoms with Crippen LogP contribution in [-0.4, -0.2) is 23.3 Å². The van der Waals surface area contributed by atoms with Gasteiger partial charge < -0.3 is 0 Å². The predicted octanol–water partition coefficient (Wildman–Crippen LogP) is 10.5. The van der Waals surface area contributed by atoms with Crippen molar-refractivity contribution in [3.8, 4) is 0 Å². The fourth-order valence-electron chi connectivity index (χ4n) is 6.60. The molecule has 44 heavy (non-hydrogen) atoms. The van der Waals surface area contributed by atoms with Crippen LogP contribution in [0.1, 0.15) is 41.5 Å². The summed E-state index contributed by atoms with van der Waals surface area (Å²) in [5, 5.41) is 18.9. The van der Waals surface area contributed by atoms with Crippen molar-refractivity contribution in [3.63, 3.8) is 0 Å². The summed E-state index contributed by atoms with van der Waals surface area (Å²) in [5.74, 6) is -0.446. The third kappa shape index (κ3) is 4.15. The zero-order chi connectivity index (χ0) is 30.2. The molecular weight excluding hydrogens is 542 g/mol. The lowest BCUT2D eigenvalue weighted by molar-refractivity contribution is 0.0557. The first-order valence-corrected chi connectivity index (χ1v) is 14.9.